The highest BCUT2D eigenvalue weighted by molar-refractivity contribution is 7.98. The molecule has 3 aromatic rings. The van der Waals surface area contributed by atoms with Crippen LogP contribution in [-0.2, 0) is 143 Å². The van der Waals surface area contributed by atoms with E-state index in [9.17, 15) is 71.9 Å². The molecule has 702 valence electrons. The lowest BCUT2D eigenvalue weighted by atomic mass is 10.2. The fraction of sp³-hybridized carbons (Fsp3) is 0.621. The molecule has 0 fully saturated rings. The van der Waals surface area contributed by atoms with E-state index in [2.05, 4.69) is 146 Å². The van der Waals surface area contributed by atoms with Crippen LogP contribution in [0.2, 0.25) is 0 Å². The highest BCUT2D eigenvalue weighted by Crippen LogP contribution is 1.98. The molecule has 0 aromatic heterocycles. The lowest BCUT2D eigenvalue weighted by molar-refractivity contribution is -0.149. The van der Waals surface area contributed by atoms with E-state index in [0.717, 1.165) is 18.8 Å². The quantitative estimate of drug-likeness (QED) is 0.0272. The zero-order valence-electron chi connectivity index (χ0n) is 77.9. The van der Waals surface area contributed by atoms with Gasteiger partial charge in [0.2, 0.25) is 17.7 Å². The van der Waals surface area contributed by atoms with Gasteiger partial charge in [0.15, 0.2) is 0 Å². The van der Waals surface area contributed by atoms with Crippen LogP contribution >= 0.6 is 11.8 Å². The molecule has 0 heterocycles. The number of hydrogen-bond donors (Lipinski definition) is 3. The van der Waals surface area contributed by atoms with Gasteiger partial charge in [0.1, 0.15) is 50.4 Å². The predicted molar refractivity (Wildman–Crippen MR) is 469 cm³/mol. The molecule has 0 unspecified atom stereocenters. The Morgan fingerprint density at radius 2 is 0.529 bits per heavy atom. The summed E-state index contributed by atoms with van der Waals surface area (Å²) >= 11 is 1.80. The van der Waals surface area contributed by atoms with Crippen molar-refractivity contribution in [1.82, 2.24) is 16.0 Å². The van der Waals surface area contributed by atoms with Gasteiger partial charge in [0.05, 0.1) is 73.1 Å². The third kappa shape index (κ3) is 196. The lowest BCUT2D eigenvalue weighted by Gasteiger charge is -2.00. The largest absolute Gasteiger partial charge is 0.469 e. The number of rotatable bonds is 38. The summed E-state index contributed by atoms with van der Waals surface area (Å²) in [5.41, 5.74) is 3.97. The van der Waals surface area contributed by atoms with Crippen LogP contribution in [0.5, 0.6) is 0 Å². The molecule has 0 bridgehead atoms. The second kappa shape index (κ2) is 119. The zero-order chi connectivity index (χ0) is 95.5. The summed E-state index contributed by atoms with van der Waals surface area (Å²) in [5, 5.41) is 7.68. The standard InChI is InChI=1S/C8H14O3.C7H13NO2.C7H12O4.C7H12O3.3C7H8.C6H11NO3.C6H10O4.C5H11NO2.2C5H10O3.C4H10O2.C4H10OS.C2H6/c1-3-8(10)5-4-6-11-7(2)9;1-6(9)4-3-5-8-7(2)10;1-6(8)11-5-3-4-7(9)10-2;1-6(8)4-3-5-10-7(2)9;3*1-7-5-3-2-4-6-7;1-5(8)7-3-4-10-6(2)9;1-5(7)9-3-4-10-6(2)8;1-5(7)6-3-4-8-2;2*1-5(6)8-4-3-7-2;2*1-5-3-4-6-2;1-2/h3-6H2,1-2H3;3-5H2,1-2H3,(H,8,10);3-5H2,1-2H3;3-5H2,1-2H3;3*2-6H,1H3;3-4H2,1-2H3,(H,7,8);3-4H2,1-2H3;3-4H2,1-2H3,(H,6,7);2*3-4H2,1-2H3;2*3-4H2,1-2H3;1-2H3. The molecule has 3 rings (SSSR count). The van der Waals surface area contributed by atoms with Crippen LogP contribution in [0.15, 0.2) is 91.0 Å². The van der Waals surface area contributed by atoms with Crippen molar-refractivity contribution < 1.29 is 143 Å². The number of carbonyl (C=O) groups excluding carboxylic acids is 15. The lowest BCUT2D eigenvalue weighted by Crippen LogP contribution is -2.24. The summed E-state index contributed by atoms with van der Waals surface area (Å²) < 4.78 is 68.7. The van der Waals surface area contributed by atoms with E-state index in [1.807, 2.05) is 75.4 Å². The fourth-order valence-corrected chi connectivity index (χ4v) is 6.26. The Morgan fingerprint density at radius 3 is 0.760 bits per heavy atom. The number of amides is 3. The number of aryl methyl sites for hydroxylation is 3. The molecule has 0 aliphatic carbocycles. The summed E-state index contributed by atoms with van der Waals surface area (Å²) in [6.45, 7) is 37.8. The Bertz CT molecular complexity index is 2520. The molecular weight excluding hydrogens is 1600 g/mol. The van der Waals surface area contributed by atoms with E-state index < -0.39 is 0 Å². The minimum atomic E-state index is -0.368. The van der Waals surface area contributed by atoms with E-state index in [1.165, 1.54) is 107 Å². The Labute approximate surface area is 727 Å². The van der Waals surface area contributed by atoms with Crippen LogP contribution in [0.3, 0.4) is 0 Å². The summed E-state index contributed by atoms with van der Waals surface area (Å²) in [5.74, 6) is -1.30. The van der Waals surface area contributed by atoms with Crippen LogP contribution in [0.4, 0.5) is 0 Å². The van der Waals surface area contributed by atoms with Gasteiger partial charge < -0.3 is 96.6 Å². The first-order valence-electron chi connectivity index (χ1n) is 39.0. The number of benzene rings is 3. The van der Waals surface area contributed by atoms with Gasteiger partial charge in [-0.25, -0.2) is 0 Å². The minimum Gasteiger partial charge on any atom is -0.469 e. The predicted octanol–water partition coefficient (Wildman–Crippen LogP) is 11.5. The van der Waals surface area contributed by atoms with Gasteiger partial charge in [-0.2, -0.15) is 11.8 Å². The maximum atomic E-state index is 10.7. The highest BCUT2D eigenvalue weighted by Gasteiger charge is 2.02. The molecule has 34 heteroatoms. The van der Waals surface area contributed by atoms with E-state index in [0.29, 0.717) is 130 Å². The molecule has 0 saturated carbocycles. The molecule has 0 radical (unpaired) electrons. The van der Waals surface area contributed by atoms with Gasteiger partial charge in [0, 0.05) is 170 Å². The average Bonchev–Trinajstić information content (AvgIpc) is 1.01. The van der Waals surface area contributed by atoms with Crippen molar-refractivity contribution in [3.8, 4) is 0 Å². The van der Waals surface area contributed by atoms with Crippen molar-refractivity contribution in [1.29, 1.82) is 0 Å². The number of Topliss-reactive ketones (excluding diaryl/α,β-unsaturated/α-hetero) is 3. The Hall–Kier alpha value is -9.58. The number of ether oxygens (including phenoxy) is 15. The first-order chi connectivity index (χ1) is 57.2. The number of methoxy groups -OCH3 is 7. The van der Waals surface area contributed by atoms with Gasteiger partial charge in [-0.05, 0) is 66.6 Å². The van der Waals surface area contributed by atoms with Crippen molar-refractivity contribution in [3.05, 3.63) is 108 Å². The van der Waals surface area contributed by atoms with E-state index >= 15 is 0 Å². The van der Waals surface area contributed by atoms with E-state index in [1.54, 1.807) is 61.3 Å². The number of nitrogens with one attached hydrogen (secondary N) is 3. The van der Waals surface area contributed by atoms with Crippen molar-refractivity contribution in [3.63, 3.8) is 0 Å². The van der Waals surface area contributed by atoms with Crippen LogP contribution in [0.1, 0.15) is 185 Å². The van der Waals surface area contributed by atoms with Gasteiger partial charge in [-0.3, -0.25) is 62.3 Å². The normalized spacial score (nSPS) is 8.75. The molecule has 0 aliphatic heterocycles. The van der Waals surface area contributed by atoms with Gasteiger partial charge in [-0.1, -0.05) is 128 Å². The summed E-state index contributed by atoms with van der Waals surface area (Å²) in [7, 11) is 11.1. The monoisotopic (exact) mass is 1750 g/mol. The smallest absolute Gasteiger partial charge is 0.305 e. The second-order valence-corrected chi connectivity index (χ2v) is 24.4. The number of esters is 9. The Balaban J connectivity index is -0.000000106. The van der Waals surface area contributed by atoms with Gasteiger partial charge >= 0.3 is 53.7 Å². The molecule has 3 amide bonds. The highest BCUT2D eigenvalue weighted by atomic mass is 32.2. The topological polar surface area (TPSA) is 431 Å². The first kappa shape index (κ1) is 137. The first-order valence-corrected chi connectivity index (χ1v) is 40.4. The van der Waals surface area contributed by atoms with Crippen molar-refractivity contribution >= 4 is 101 Å². The van der Waals surface area contributed by atoms with Crippen molar-refractivity contribution in [2.24, 2.45) is 0 Å². The summed E-state index contributed by atoms with van der Waals surface area (Å²) in [4.78, 5) is 154. The maximum Gasteiger partial charge on any atom is 0.305 e. The van der Waals surface area contributed by atoms with Crippen LogP contribution < -0.4 is 16.0 Å². The summed E-state index contributed by atoms with van der Waals surface area (Å²) in [6, 6.07) is 30.8. The molecule has 0 atom stereocenters. The molecule has 3 aromatic carbocycles. The van der Waals surface area contributed by atoms with Gasteiger partial charge in [0.25, 0.3) is 0 Å². The number of hydrogen-bond acceptors (Lipinski definition) is 31. The molecular formula is C87H153N3O30S. The molecule has 33 nitrogen and oxygen atoms in total. The van der Waals surface area contributed by atoms with Gasteiger partial charge in [-0.15, -0.1) is 0 Å². The Morgan fingerprint density at radius 1 is 0.289 bits per heavy atom. The minimum absolute atomic E-state index is 0.0120. The molecule has 121 heavy (non-hydrogen) atoms. The third-order valence-electron chi connectivity index (χ3n) is 11.6. The number of carbonyl (C=O) groups is 15. The Kier molecular flexibility index (Phi) is 135. The molecule has 3 N–H and O–H groups in total. The van der Waals surface area contributed by atoms with Crippen molar-refractivity contribution in [2.75, 3.05) is 174 Å². The SMILES string of the molecule is CC.CC(=O)CCCNC(C)=O.CC(=O)CCCOC(C)=O.CC(=O)NCCOC(C)=O.CC(=O)OCCOC(C)=O.CCC(=O)CCCOC(C)=O.COC(=O)CCCOC(C)=O.COCCNC(C)=O.COCCOC.COCCOC(C)=O.COCCOC(C)=O.COCCSC.Cc1ccccc1.Cc1ccccc1.Cc1ccccc1. The molecule has 0 saturated heterocycles. The fourth-order valence-electron chi connectivity index (χ4n) is 5.93. The number of thioether (sulfide) groups is 1. The molecule has 0 aliphatic rings. The van der Waals surface area contributed by atoms with Crippen LogP contribution in [-0.4, -0.2) is 263 Å². The van der Waals surface area contributed by atoms with E-state index in [4.69, 9.17) is 4.74 Å². The third-order valence-corrected chi connectivity index (χ3v) is 12.1. The molecule has 0 spiro atoms. The maximum absolute atomic E-state index is 10.7. The van der Waals surface area contributed by atoms with E-state index in [-0.39, 0.29) is 115 Å². The van der Waals surface area contributed by atoms with Crippen molar-refractivity contribution in [2.45, 2.75) is 189 Å². The zero-order valence-corrected chi connectivity index (χ0v) is 78.7. The number of ketones is 3. The second-order valence-electron chi connectivity index (χ2n) is 23.4. The van der Waals surface area contributed by atoms with Crippen LogP contribution in [0.25, 0.3) is 0 Å². The van der Waals surface area contributed by atoms with Crippen LogP contribution in [0, 0.1) is 20.8 Å². The summed E-state index contributed by atoms with van der Waals surface area (Å²) in [6.07, 6.45) is 7.04. The average molecular weight is 1750 g/mol.